The minimum Gasteiger partial charge on any atom is -0.394 e. The summed E-state index contributed by atoms with van der Waals surface area (Å²) in [4.78, 5) is 16.2. The second kappa shape index (κ2) is 5.68. The summed E-state index contributed by atoms with van der Waals surface area (Å²) in [7, 11) is 1.78. The molecule has 2 rings (SSSR count). The van der Waals surface area contributed by atoms with Crippen LogP contribution in [0.4, 0.5) is 5.69 Å². The van der Waals surface area contributed by atoms with Gasteiger partial charge >= 0.3 is 0 Å². The Bertz CT molecular complexity index is 577. The van der Waals surface area contributed by atoms with E-state index in [1.54, 1.807) is 23.7 Å². The highest BCUT2D eigenvalue weighted by atomic mass is 16.3. The van der Waals surface area contributed by atoms with Crippen molar-refractivity contribution in [1.82, 2.24) is 14.7 Å². The standard InChI is InChI=1S/C12H16N4O3/c1-13-8-2-3-11-14-4-10(16(11)5-8)12(19)15-9(6-17)7-18/h2-5,9,13,17-18H,6-7H2,1H3,(H,15,19). The third kappa shape index (κ3) is 2.67. The molecule has 0 aliphatic heterocycles. The van der Waals surface area contributed by atoms with Gasteiger partial charge in [-0.25, -0.2) is 4.98 Å². The molecule has 0 radical (unpaired) electrons. The molecule has 0 aliphatic carbocycles. The summed E-state index contributed by atoms with van der Waals surface area (Å²) in [6.07, 6.45) is 3.21. The second-order valence-corrected chi connectivity index (χ2v) is 4.07. The molecule has 0 unspecified atom stereocenters. The molecule has 4 N–H and O–H groups in total. The molecule has 0 aliphatic rings. The van der Waals surface area contributed by atoms with Crippen molar-refractivity contribution < 1.29 is 15.0 Å². The fourth-order valence-electron chi connectivity index (χ4n) is 1.70. The van der Waals surface area contributed by atoms with Crippen molar-refractivity contribution in [2.24, 2.45) is 0 Å². The van der Waals surface area contributed by atoms with Gasteiger partial charge in [-0.3, -0.25) is 9.20 Å². The van der Waals surface area contributed by atoms with Crippen LogP contribution in [-0.2, 0) is 0 Å². The molecule has 7 heteroatoms. The van der Waals surface area contributed by atoms with Crippen LogP contribution in [0.2, 0.25) is 0 Å². The van der Waals surface area contributed by atoms with Crippen LogP contribution in [0, 0.1) is 0 Å². The average molecular weight is 264 g/mol. The van der Waals surface area contributed by atoms with Crippen molar-refractivity contribution in [3.05, 3.63) is 30.2 Å². The second-order valence-electron chi connectivity index (χ2n) is 4.07. The molecule has 0 atom stereocenters. The van der Waals surface area contributed by atoms with Gasteiger partial charge in [-0.05, 0) is 12.1 Å². The molecule has 0 aromatic carbocycles. The fourth-order valence-corrected chi connectivity index (χ4v) is 1.70. The van der Waals surface area contributed by atoms with Crippen molar-refractivity contribution in [2.75, 3.05) is 25.6 Å². The van der Waals surface area contributed by atoms with Crippen molar-refractivity contribution in [2.45, 2.75) is 6.04 Å². The number of pyridine rings is 1. The van der Waals surface area contributed by atoms with Gasteiger partial charge in [0.1, 0.15) is 11.3 Å². The largest absolute Gasteiger partial charge is 0.394 e. The molecule has 0 fully saturated rings. The summed E-state index contributed by atoms with van der Waals surface area (Å²) >= 11 is 0. The average Bonchev–Trinajstić information content (AvgIpc) is 2.87. The Labute approximate surface area is 109 Å². The maximum absolute atomic E-state index is 12.0. The summed E-state index contributed by atoms with van der Waals surface area (Å²) in [5, 5.41) is 23.4. The Morgan fingerprint density at radius 2 is 2.16 bits per heavy atom. The molecule has 1 amide bonds. The van der Waals surface area contributed by atoms with Crippen LogP contribution >= 0.6 is 0 Å². The van der Waals surface area contributed by atoms with Gasteiger partial charge in [-0.15, -0.1) is 0 Å². The lowest BCUT2D eigenvalue weighted by molar-refractivity contribution is 0.0873. The molecule has 0 spiro atoms. The summed E-state index contributed by atoms with van der Waals surface area (Å²) < 4.78 is 1.65. The van der Waals surface area contributed by atoms with Crippen molar-refractivity contribution in [1.29, 1.82) is 0 Å². The number of carbonyl (C=O) groups excluding carboxylic acids is 1. The predicted molar refractivity (Wildman–Crippen MR) is 70.2 cm³/mol. The van der Waals surface area contributed by atoms with Crippen LogP contribution in [-0.4, -0.2) is 51.8 Å². The molecule has 102 valence electrons. The molecule has 7 nitrogen and oxygen atoms in total. The zero-order valence-electron chi connectivity index (χ0n) is 10.5. The van der Waals surface area contributed by atoms with Gasteiger partial charge in [0.15, 0.2) is 0 Å². The van der Waals surface area contributed by atoms with Gasteiger partial charge in [-0.2, -0.15) is 0 Å². The van der Waals surface area contributed by atoms with Crippen molar-refractivity contribution in [3.8, 4) is 0 Å². The third-order valence-corrected chi connectivity index (χ3v) is 2.80. The first kappa shape index (κ1) is 13.3. The lowest BCUT2D eigenvalue weighted by Crippen LogP contribution is -2.40. The normalized spacial score (nSPS) is 10.9. The Hall–Kier alpha value is -2.12. The monoisotopic (exact) mass is 264 g/mol. The van der Waals surface area contributed by atoms with E-state index in [9.17, 15) is 4.79 Å². The first-order valence-corrected chi connectivity index (χ1v) is 5.87. The smallest absolute Gasteiger partial charge is 0.270 e. The van der Waals surface area contributed by atoms with E-state index in [-0.39, 0.29) is 13.2 Å². The SMILES string of the molecule is CNc1ccc2ncc(C(=O)NC(CO)CO)n2c1. The highest BCUT2D eigenvalue weighted by molar-refractivity contribution is 5.93. The zero-order valence-corrected chi connectivity index (χ0v) is 10.5. The van der Waals surface area contributed by atoms with Crippen molar-refractivity contribution >= 4 is 17.2 Å². The number of rotatable bonds is 5. The number of hydrogen-bond acceptors (Lipinski definition) is 5. The van der Waals surface area contributed by atoms with Gasteiger partial charge in [0, 0.05) is 13.2 Å². The molecule has 2 aromatic heterocycles. The van der Waals surface area contributed by atoms with E-state index < -0.39 is 11.9 Å². The molecule has 0 saturated heterocycles. The number of nitrogens with one attached hydrogen (secondary N) is 2. The number of aliphatic hydroxyl groups is 2. The van der Waals surface area contributed by atoms with Crippen LogP contribution in [0.1, 0.15) is 10.5 Å². The summed E-state index contributed by atoms with van der Waals surface area (Å²) in [6.45, 7) is -0.637. The molecule has 2 heterocycles. The van der Waals surface area contributed by atoms with Crippen LogP contribution in [0.5, 0.6) is 0 Å². The minimum atomic E-state index is -0.675. The fraction of sp³-hybridized carbons (Fsp3) is 0.333. The predicted octanol–water partition coefficient (Wildman–Crippen LogP) is -0.541. The van der Waals surface area contributed by atoms with Gasteiger partial charge in [0.05, 0.1) is 31.1 Å². The number of anilines is 1. The first-order valence-electron chi connectivity index (χ1n) is 5.87. The highest BCUT2D eigenvalue weighted by Gasteiger charge is 2.16. The molecular formula is C12H16N4O3. The van der Waals surface area contributed by atoms with Gasteiger partial charge in [-0.1, -0.05) is 0 Å². The lowest BCUT2D eigenvalue weighted by Gasteiger charge is -2.13. The molecule has 0 bridgehead atoms. The number of hydrogen-bond donors (Lipinski definition) is 4. The van der Waals surface area contributed by atoms with Crippen LogP contribution in [0.3, 0.4) is 0 Å². The molecule has 0 saturated carbocycles. The van der Waals surface area contributed by atoms with E-state index in [1.807, 2.05) is 6.07 Å². The van der Waals surface area contributed by atoms with Crippen LogP contribution < -0.4 is 10.6 Å². The Morgan fingerprint density at radius 3 is 2.79 bits per heavy atom. The summed E-state index contributed by atoms with van der Waals surface area (Å²) in [5.74, 6) is -0.395. The van der Waals surface area contributed by atoms with E-state index >= 15 is 0 Å². The van der Waals surface area contributed by atoms with E-state index in [0.29, 0.717) is 11.3 Å². The number of aliphatic hydroxyl groups excluding tert-OH is 2. The maximum Gasteiger partial charge on any atom is 0.270 e. The third-order valence-electron chi connectivity index (χ3n) is 2.80. The molecule has 2 aromatic rings. The molecular weight excluding hydrogens is 248 g/mol. The number of aromatic nitrogens is 2. The van der Waals surface area contributed by atoms with E-state index in [1.165, 1.54) is 6.20 Å². The Kier molecular flexibility index (Phi) is 3.98. The number of amides is 1. The molecule has 19 heavy (non-hydrogen) atoms. The van der Waals surface area contributed by atoms with Gasteiger partial charge < -0.3 is 20.8 Å². The van der Waals surface area contributed by atoms with Crippen LogP contribution in [0.15, 0.2) is 24.5 Å². The number of nitrogens with zero attached hydrogens (tertiary/aromatic N) is 2. The Morgan fingerprint density at radius 1 is 1.42 bits per heavy atom. The lowest BCUT2D eigenvalue weighted by atomic mass is 10.3. The first-order chi connectivity index (χ1) is 9.19. The van der Waals surface area contributed by atoms with Crippen molar-refractivity contribution in [3.63, 3.8) is 0 Å². The van der Waals surface area contributed by atoms with E-state index in [2.05, 4.69) is 15.6 Å². The van der Waals surface area contributed by atoms with E-state index in [0.717, 1.165) is 5.69 Å². The maximum atomic E-state index is 12.0. The number of fused-ring (bicyclic) bond motifs is 1. The van der Waals surface area contributed by atoms with Gasteiger partial charge in [0.25, 0.3) is 5.91 Å². The zero-order chi connectivity index (χ0) is 13.8. The van der Waals surface area contributed by atoms with E-state index in [4.69, 9.17) is 10.2 Å². The summed E-state index contributed by atoms with van der Waals surface area (Å²) in [5.41, 5.74) is 1.84. The Balaban J connectivity index is 2.31. The topological polar surface area (TPSA) is 98.9 Å². The van der Waals surface area contributed by atoms with Crippen LogP contribution in [0.25, 0.3) is 5.65 Å². The highest BCUT2D eigenvalue weighted by Crippen LogP contribution is 2.12. The quantitative estimate of drug-likeness (QED) is 0.581. The summed E-state index contributed by atoms with van der Waals surface area (Å²) in [6, 6.07) is 2.97. The number of carbonyl (C=O) groups is 1. The number of imidazole rings is 1. The van der Waals surface area contributed by atoms with Gasteiger partial charge in [0.2, 0.25) is 0 Å². The minimum absolute atomic E-state index is 0.319.